The van der Waals surface area contributed by atoms with Crippen LogP contribution in [0.4, 0.5) is 10.1 Å². The number of halogens is 2. The van der Waals surface area contributed by atoms with Gasteiger partial charge in [0.05, 0.1) is 5.69 Å². The monoisotopic (exact) mass is 244 g/mol. The summed E-state index contributed by atoms with van der Waals surface area (Å²) >= 11 is 5.59. The van der Waals surface area contributed by atoms with Crippen molar-refractivity contribution in [2.45, 2.75) is 13.3 Å². The zero-order valence-corrected chi connectivity index (χ0v) is 9.72. The summed E-state index contributed by atoms with van der Waals surface area (Å²) < 4.78 is 13.3. The molecule has 0 aliphatic rings. The van der Waals surface area contributed by atoms with Gasteiger partial charge in [0, 0.05) is 11.4 Å². The predicted octanol–water partition coefficient (Wildman–Crippen LogP) is 2.40. The fourth-order valence-corrected chi connectivity index (χ4v) is 1.35. The highest BCUT2D eigenvalue weighted by atomic mass is 35.5. The van der Waals surface area contributed by atoms with Gasteiger partial charge in [-0.15, -0.1) is 0 Å². The second kappa shape index (κ2) is 5.82. The Morgan fingerprint density at radius 3 is 2.88 bits per heavy atom. The summed E-state index contributed by atoms with van der Waals surface area (Å²) in [6, 6.07) is 4.11. The fraction of sp³-hybridized carbons (Fsp3) is 0.364. The van der Waals surface area contributed by atoms with E-state index in [2.05, 4.69) is 5.32 Å². The Bertz CT molecular complexity index is 384. The van der Waals surface area contributed by atoms with Crippen LogP contribution in [-0.4, -0.2) is 12.5 Å². The van der Waals surface area contributed by atoms with Crippen LogP contribution in [0.3, 0.4) is 0 Å². The molecule has 1 aromatic rings. The van der Waals surface area contributed by atoms with Gasteiger partial charge in [0.1, 0.15) is 5.82 Å². The Kier molecular flexibility index (Phi) is 4.71. The van der Waals surface area contributed by atoms with E-state index in [1.165, 1.54) is 12.1 Å². The molecule has 1 atom stereocenters. The minimum atomic E-state index is -0.541. The van der Waals surface area contributed by atoms with E-state index in [9.17, 15) is 9.18 Å². The summed E-state index contributed by atoms with van der Waals surface area (Å²) in [5.41, 5.74) is 5.53. The Morgan fingerprint density at radius 1 is 1.62 bits per heavy atom. The van der Waals surface area contributed by atoms with E-state index in [1.54, 1.807) is 0 Å². The maximum atomic E-state index is 13.3. The molecule has 1 unspecified atom stereocenters. The van der Waals surface area contributed by atoms with Crippen molar-refractivity contribution in [1.29, 1.82) is 0 Å². The largest absolute Gasteiger partial charge is 0.330 e. The van der Waals surface area contributed by atoms with Crippen LogP contribution in [-0.2, 0) is 4.79 Å². The molecule has 0 aliphatic carbocycles. The van der Waals surface area contributed by atoms with Gasteiger partial charge in [0.25, 0.3) is 0 Å². The molecule has 5 heteroatoms. The highest BCUT2D eigenvalue weighted by molar-refractivity contribution is 6.30. The molecule has 16 heavy (non-hydrogen) atoms. The highest BCUT2D eigenvalue weighted by Crippen LogP contribution is 2.19. The molecular formula is C11H14ClFN2O. The van der Waals surface area contributed by atoms with Gasteiger partial charge in [-0.1, -0.05) is 18.5 Å². The predicted molar refractivity (Wildman–Crippen MR) is 62.9 cm³/mol. The summed E-state index contributed by atoms with van der Waals surface area (Å²) in [6.45, 7) is 2.29. The number of carbonyl (C=O) groups is 1. The van der Waals surface area contributed by atoms with E-state index in [1.807, 2.05) is 6.92 Å². The third kappa shape index (κ3) is 3.79. The topological polar surface area (TPSA) is 55.1 Å². The van der Waals surface area contributed by atoms with Crippen LogP contribution < -0.4 is 11.1 Å². The number of hydrogen-bond acceptors (Lipinski definition) is 2. The summed E-state index contributed by atoms with van der Waals surface area (Å²) in [5.74, 6) is -0.712. The zero-order chi connectivity index (χ0) is 12.1. The molecule has 0 fully saturated rings. The van der Waals surface area contributed by atoms with Crippen LogP contribution in [0.5, 0.6) is 0 Å². The van der Waals surface area contributed by atoms with Crippen molar-refractivity contribution >= 4 is 23.2 Å². The maximum Gasteiger partial charge on any atom is 0.224 e. The van der Waals surface area contributed by atoms with E-state index < -0.39 is 5.82 Å². The summed E-state index contributed by atoms with van der Waals surface area (Å²) in [5, 5.41) is 2.77. The van der Waals surface area contributed by atoms with Crippen LogP contribution in [0.2, 0.25) is 5.02 Å². The minimum absolute atomic E-state index is 0.0790. The molecule has 0 radical (unpaired) electrons. The molecule has 0 saturated heterocycles. The average molecular weight is 245 g/mol. The first-order valence-corrected chi connectivity index (χ1v) is 5.35. The number of rotatable bonds is 4. The van der Waals surface area contributed by atoms with Gasteiger partial charge in [-0.25, -0.2) is 4.39 Å². The van der Waals surface area contributed by atoms with Gasteiger partial charge in [0.15, 0.2) is 0 Å². The minimum Gasteiger partial charge on any atom is -0.330 e. The van der Waals surface area contributed by atoms with Crippen molar-refractivity contribution in [1.82, 2.24) is 0 Å². The standard InChI is InChI=1S/C11H14ClFN2O/c1-7(6-14)4-11(16)15-10-3-2-8(12)5-9(10)13/h2-3,5,7H,4,6,14H2,1H3,(H,15,16). The van der Waals surface area contributed by atoms with Crippen molar-refractivity contribution in [2.24, 2.45) is 11.7 Å². The quantitative estimate of drug-likeness (QED) is 0.855. The molecule has 0 aromatic heterocycles. The molecule has 0 heterocycles. The third-order valence-corrected chi connectivity index (χ3v) is 2.38. The van der Waals surface area contributed by atoms with Gasteiger partial charge >= 0.3 is 0 Å². The molecular weight excluding hydrogens is 231 g/mol. The summed E-state index contributed by atoms with van der Waals surface area (Å²) in [7, 11) is 0. The zero-order valence-electron chi connectivity index (χ0n) is 8.97. The van der Waals surface area contributed by atoms with Gasteiger partial charge in [-0.05, 0) is 30.7 Å². The normalized spacial score (nSPS) is 12.2. The maximum absolute atomic E-state index is 13.3. The van der Waals surface area contributed by atoms with Gasteiger partial charge in [0.2, 0.25) is 5.91 Å². The first-order valence-electron chi connectivity index (χ1n) is 4.98. The molecule has 0 saturated carbocycles. The average Bonchev–Trinajstić information content (AvgIpc) is 2.22. The Labute approximate surface area is 98.8 Å². The van der Waals surface area contributed by atoms with Crippen molar-refractivity contribution in [3.8, 4) is 0 Å². The third-order valence-electron chi connectivity index (χ3n) is 2.14. The lowest BCUT2D eigenvalue weighted by Crippen LogP contribution is -2.20. The summed E-state index contributed by atoms with van der Waals surface area (Å²) in [4.78, 5) is 11.5. The first kappa shape index (κ1) is 12.9. The van der Waals surface area contributed by atoms with Crippen LogP contribution in [0.25, 0.3) is 0 Å². The van der Waals surface area contributed by atoms with E-state index in [4.69, 9.17) is 17.3 Å². The van der Waals surface area contributed by atoms with Gasteiger partial charge < -0.3 is 11.1 Å². The molecule has 3 nitrogen and oxygen atoms in total. The highest BCUT2D eigenvalue weighted by Gasteiger charge is 2.10. The second-order valence-electron chi connectivity index (χ2n) is 3.72. The molecule has 88 valence electrons. The number of benzene rings is 1. The number of anilines is 1. The van der Waals surface area contributed by atoms with Gasteiger partial charge in [-0.2, -0.15) is 0 Å². The van der Waals surface area contributed by atoms with E-state index in [0.717, 1.165) is 6.07 Å². The van der Waals surface area contributed by atoms with Crippen LogP contribution >= 0.6 is 11.6 Å². The first-order chi connectivity index (χ1) is 7.52. The molecule has 0 aliphatic heterocycles. The Morgan fingerprint density at radius 2 is 2.31 bits per heavy atom. The van der Waals surface area contributed by atoms with Crippen molar-refractivity contribution in [2.75, 3.05) is 11.9 Å². The molecule has 1 rings (SSSR count). The fourth-order valence-electron chi connectivity index (χ4n) is 1.19. The lowest BCUT2D eigenvalue weighted by Gasteiger charge is -2.09. The van der Waals surface area contributed by atoms with Crippen molar-refractivity contribution in [3.63, 3.8) is 0 Å². The molecule has 0 bridgehead atoms. The van der Waals surface area contributed by atoms with Gasteiger partial charge in [-0.3, -0.25) is 4.79 Å². The SMILES string of the molecule is CC(CN)CC(=O)Nc1ccc(Cl)cc1F. The van der Waals surface area contributed by atoms with Crippen LogP contribution in [0.1, 0.15) is 13.3 Å². The second-order valence-corrected chi connectivity index (χ2v) is 4.15. The van der Waals surface area contributed by atoms with Crippen molar-refractivity contribution < 1.29 is 9.18 Å². The van der Waals surface area contributed by atoms with E-state index in [0.29, 0.717) is 11.6 Å². The molecule has 1 amide bonds. The smallest absolute Gasteiger partial charge is 0.224 e. The lowest BCUT2D eigenvalue weighted by atomic mass is 10.1. The number of nitrogens with two attached hydrogens (primary N) is 1. The van der Waals surface area contributed by atoms with Crippen LogP contribution in [0, 0.1) is 11.7 Å². The van der Waals surface area contributed by atoms with Crippen molar-refractivity contribution in [3.05, 3.63) is 29.0 Å². The molecule has 3 N–H and O–H groups in total. The number of hydrogen-bond donors (Lipinski definition) is 2. The molecule has 0 spiro atoms. The Balaban J connectivity index is 2.63. The number of nitrogens with one attached hydrogen (secondary N) is 1. The van der Waals surface area contributed by atoms with Crippen LogP contribution in [0.15, 0.2) is 18.2 Å². The lowest BCUT2D eigenvalue weighted by molar-refractivity contribution is -0.116. The van der Waals surface area contributed by atoms with E-state index in [-0.39, 0.29) is 23.9 Å². The Hall–Kier alpha value is -1.13. The molecule has 1 aromatic carbocycles. The number of carbonyl (C=O) groups excluding carboxylic acids is 1. The summed E-state index contributed by atoms with van der Waals surface area (Å²) in [6.07, 6.45) is 0.276. The number of amides is 1. The van der Waals surface area contributed by atoms with E-state index >= 15 is 0 Å².